The molecular weight excluding hydrogens is 470 g/mol. The van der Waals surface area contributed by atoms with Gasteiger partial charge in [0.05, 0.1) is 10.5 Å². The molecule has 0 radical (unpaired) electrons. The number of aromatic nitrogens is 1. The molecule has 0 aliphatic rings. The maximum atomic E-state index is 12.7. The zero-order valence-corrected chi connectivity index (χ0v) is 20.9. The van der Waals surface area contributed by atoms with Gasteiger partial charge in [-0.05, 0) is 66.9 Å². The van der Waals surface area contributed by atoms with Crippen LogP contribution in [0.5, 0.6) is 0 Å². The van der Waals surface area contributed by atoms with Crippen molar-refractivity contribution in [1.29, 1.82) is 0 Å². The van der Waals surface area contributed by atoms with Crippen LogP contribution in [0, 0.1) is 0 Å². The van der Waals surface area contributed by atoms with Crippen molar-refractivity contribution in [3.63, 3.8) is 0 Å². The Balaban J connectivity index is 1.56. The zero-order chi connectivity index (χ0) is 24.4. The Morgan fingerprint density at radius 1 is 1.03 bits per heavy atom. The number of hydrogen-bond acceptors (Lipinski definition) is 6. The Morgan fingerprint density at radius 3 is 2.38 bits per heavy atom. The monoisotopic (exact) mass is 499 g/mol. The van der Waals surface area contributed by atoms with Gasteiger partial charge in [0.1, 0.15) is 5.03 Å². The van der Waals surface area contributed by atoms with E-state index < -0.39 is 10.0 Å². The van der Waals surface area contributed by atoms with E-state index in [0.717, 1.165) is 34.7 Å². The summed E-state index contributed by atoms with van der Waals surface area (Å²) in [5, 5.41) is 3.56. The molecule has 9 heteroatoms. The lowest BCUT2D eigenvalue weighted by atomic mass is 10.1. The molecule has 0 unspecified atom stereocenters. The van der Waals surface area contributed by atoms with Crippen LogP contribution < -0.4 is 10.0 Å². The van der Waals surface area contributed by atoms with Gasteiger partial charge in [-0.1, -0.05) is 37.2 Å². The van der Waals surface area contributed by atoms with Gasteiger partial charge in [-0.25, -0.2) is 13.4 Å². The van der Waals surface area contributed by atoms with Crippen LogP contribution >= 0.6 is 11.8 Å². The lowest BCUT2D eigenvalue weighted by molar-refractivity contribution is 0.0948. The molecular formula is C25H29N3O4S2. The third-order valence-corrected chi connectivity index (χ3v) is 7.27. The topological polar surface area (TPSA) is 97.4 Å². The molecule has 0 saturated heterocycles. The molecule has 1 amide bonds. The fourth-order valence-corrected chi connectivity index (χ4v) is 4.96. The van der Waals surface area contributed by atoms with Crippen molar-refractivity contribution < 1.29 is 17.9 Å². The first-order valence-electron chi connectivity index (χ1n) is 11.0. The SMILES string of the molecule is CCCc1ccc(S(=O)(=O)Nc2ccc(Sc3ccc(C(=O)NCCCOC)cn3)cc2)cc1. The second-order valence-corrected chi connectivity index (χ2v) is 10.4. The van der Waals surface area contributed by atoms with Gasteiger partial charge in [0, 0.05) is 37.0 Å². The lowest BCUT2D eigenvalue weighted by Crippen LogP contribution is -2.25. The number of benzene rings is 2. The van der Waals surface area contributed by atoms with E-state index in [9.17, 15) is 13.2 Å². The number of carbonyl (C=O) groups excluding carboxylic acids is 1. The summed E-state index contributed by atoms with van der Waals surface area (Å²) in [6.45, 7) is 3.23. The summed E-state index contributed by atoms with van der Waals surface area (Å²) in [6.07, 6.45) is 4.23. The summed E-state index contributed by atoms with van der Waals surface area (Å²) in [5.74, 6) is -0.170. The molecule has 3 aromatic rings. The van der Waals surface area contributed by atoms with E-state index in [-0.39, 0.29) is 10.8 Å². The van der Waals surface area contributed by atoms with E-state index in [4.69, 9.17) is 4.74 Å². The first-order chi connectivity index (χ1) is 16.4. The van der Waals surface area contributed by atoms with Crippen LogP contribution in [0.1, 0.15) is 35.7 Å². The van der Waals surface area contributed by atoms with Crippen molar-refractivity contribution >= 4 is 33.4 Å². The predicted molar refractivity (Wildman–Crippen MR) is 135 cm³/mol. The third kappa shape index (κ3) is 7.58. The molecule has 2 N–H and O–H groups in total. The third-order valence-electron chi connectivity index (χ3n) is 4.91. The Kier molecular flexibility index (Phi) is 9.50. The van der Waals surface area contributed by atoms with Crippen LogP contribution in [0.3, 0.4) is 0 Å². The van der Waals surface area contributed by atoms with Crippen LogP contribution in [0.4, 0.5) is 5.69 Å². The average molecular weight is 500 g/mol. The maximum absolute atomic E-state index is 12.7. The maximum Gasteiger partial charge on any atom is 0.261 e. The van der Waals surface area contributed by atoms with Gasteiger partial charge < -0.3 is 10.1 Å². The summed E-state index contributed by atoms with van der Waals surface area (Å²) in [5.41, 5.74) is 2.09. The number of nitrogens with zero attached hydrogens (tertiary/aromatic N) is 1. The highest BCUT2D eigenvalue weighted by Crippen LogP contribution is 2.28. The van der Waals surface area contributed by atoms with Gasteiger partial charge in [-0.2, -0.15) is 0 Å². The first-order valence-corrected chi connectivity index (χ1v) is 13.3. The number of sulfonamides is 1. The van der Waals surface area contributed by atoms with Crippen molar-refractivity contribution in [3.05, 3.63) is 78.0 Å². The molecule has 0 fully saturated rings. The fraction of sp³-hybridized carbons (Fsp3) is 0.280. The standard InChI is InChI=1S/C25H29N3O4S2/c1-3-5-19-6-13-23(14-7-19)34(30,31)28-21-9-11-22(12-10-21)33-24-15-8-20(18-27-24)25(29)26-16-4-17-32-2/h6-15,18,28H,3-5,16-17H2,1-2H3,(H,26,29). The van der Waals surface area contributed by atoms with E-state index in [1.54, 1.807) is 49.7 Å². The molecule has 1 aromatic heterocycles. The number of pyridine rings is 1. The zero-order valence-electron chi connectivity index (χ0n) is 19.3. The van der Waals surface area contributed by atoms with Crippen molar-refractivity contribution in [1.82, 2.24) is 10.3 Å². The van der Waals surface area contributed by atoms with Gasteiger partial charge >= 0.3 is 0 Å². The number of anilines is 1. The Morgan fingerprint density at radius 2 is 1.76 bits per heavy atom. The summed E-state index contributed by atoms with van der Waals surface area (Å²) in [6, 6.07) is 17.6. The second-order valence-electron chi connectivity index (χ2n) is 7.61. The molecule has 1 heterocycles. The Hall–Kier alpha value is -2.88. The minimum Gasteiger partial charge on any atom is -0.385 e. The molecule has 0 aliphatic heterocycles. The first kappa shape index (κ1) is 25.7. The largest absolute Gasteiger partial charge is 0.385 e. The highest BCUT2D eigenvalue weighted by molar-refractivity contribution is 7.99. The van der Waals surface area contributed by atoms with Crippen LogP contribution in [-0.4, -0.2) is 39.6 Å². The quantitative estimate of drug-likeness (QED) is 0.349. The van der Waals surface area contributed by atoms with Gasteiger partial charge in [-0.3, -0.25) is 9.52 Å². The summed E-state index contributed by atoms with van der Waals surface area (Å²) in [7, 11) is -2.03. The lowest BCUT2D eigenvalue weighted by Gasteiger charge is -2.10. The van der Waals surface area contributed by atoms with Crippen molar-refractivity contribution in [2.24, 2.45) is 0 Å². The molecule has 0 atom stereocenters. The van der Waals surface area contributed by atoms with Crippen LogP contribution in [-0.2, 0) is 21.2 Å². The van der Waals surface area contributed by atoms with Crippen molar-refractivity contribution in [3.8, 4) is 0 Å². The normalized spacial score (nSPS) is 11.2. The summed E-state index contributed by atoms with van der Waals surface area (Å²) < 4.78 is 32.9. The van der Waals surface area contributed by atoms with Crippen LogP contribution in [0.2, 0.25) is 0 Å². The van der Waals surface area contributed by atoms with E-state index in [2.05, 4.69) is 21.9 Å². The molecule has 0 saturated carbocycles. The highest BCUT2D eigenvalue weighted by atomic mass is 32.2. The number of nitrogens with one attached hydrogen (secondary N) is 2. The molecule has 34 heavy (non-hydrogen) atoms. The van der Waals surface area contributed by atoms with Crippen LogP contribution in [0.25, 0.3) is 0 Å². The molecule has 3 rings (SSSR count). The molecule has 2 aromatic carbocycles. The number of aryl methyl sites for hydroxylation is 1. The van der Waals surface area contributed by atoms with Gasteiger partial charge in [0.2, 0.25) is 0 Å². The Bertz CT molecular complexity index is 1160. The smallest absolute Gasteiger partial charge is 0.261 e. The van der Waals surface area contributed by atoms with E-state index in [0.29, 0.717) is 24.4 Å². The van der Waals surface area contributed by atoms with Crippen molar-refractivity contribution in [2.75, 3.05) is 25.0 Å². The number of methoxy groups -OCH3 is 1. The predicted octanol–water partition coefficient (Wildman–Crippen LogP) is 4.75. The molecule has 0 aliphatic carbocycles. The van der Waals surface area contributed by atoms with E-state index in [1.165, 1.54) is 11.8 Å². The number of rotatable bonds is 12. The van der Waals surface area contributed by atoms with Crippen molar-refractivity contribution in [2.45, 2.75) is 41.0 Å². The van der Waals surface area contributed by atoms with Gasteiger partial charge in [0.25, 0.3) is 15.9 Å². The average Bonchev–Trinajstić information content (AvgIpc) is 2.84. The second kappa shape index (κ2) is 12.5. The molecule has 0 bridgehead atoms. The Labute approximate surface area is 205 Å². The minimum atomic E-state index is -3.65. The molecule has 0 spiro atoms. The number of carbonyl (C=O) groups is 1. The van der Waals surface area contributed by atoms with Gasteiger partial charge in [-0.15, -0.1) is 0 Å². The van der Waals surface area contributed by atoms with E-state index >= 15 is 0 Å². The molecule has 7 nitrogen and oxygen atoms in total. The number of amides is 1. The molecule has 180 valence electrons. The number of ether oxygens (including phenoxy) is 1. The van der Waals surface area contributed by atoms with Gasteiger partial charge in [0.15, 0.2) is 0 Å². The number of hydrogen-bond donors (Lipinski definition) is 2. The van der Waals surface area contributed by atoms with Crippen LogP contribution in [0.15, 0.2) is 81.7 Å². The summed E-state index contributed by atoms with van der Waals surface area (Å²) in [4.78, 5) is 17.6. The summed E-state index contributed by atoms with van der Waals surface area (Å²) >= 11 is 1.43. The fourth-order valence-electron chi connectivity index (χ4n) is 3.15. The van der Waals surface area contributed by atoms with E-state index in [1.807, 2.05) is 24.3 Å². The highest BCUT2D eigenvalue weighted by Gasteiger charge is 2.14. The minimum absolute atomic E-state index is 0.170.